The van der Waals surface area contributed by atoms with Crippen LogP contribution in [-0.4, -0.2) is 17.8 Å². The van der Waals surface area contributed by atoms with Gasteiger partial charge in [0.2, 0.25) is 0 Å². The molecule has 1 saturated carbocycles. The van der Waals surface area contributed by atoms with Gasteiger partial charge in [-0.25, -0.2) is 0 Å². The molecule has 0 saturated heterocycles. The fourth-order valence-electron chi connectivity index (χ4n) is 2.04. The Morgan fingerprint density at radius 3 is 2.60 bits per heavy atom. The molecule has 1 aliphatic rings. The molecule has 3 nitrogen and oxygen atoms in total. The molecule has 1 aliphatic carbocycles. The molecule has 0 bridgehead atoms. The van der Waals surface area contributed by atoms with Gasteiger partial charge in [-0.05, 0) is 49.4 Å². The quantitative estimate of drug-likeness (QED) is 0.743. The number of hydrogen-bond donors (Lipinski definition) is 2. The normalized spacial score (nSPS) is 25.4. The van der Waals surface area contributed by atoms with Crippen LogP contribution in [0.25, 0.3) is 0 Å². The summed E-state index contributed by atoms with van der Waals surface area (Å²) < 4.78 is 5.80. The highest BCUT2D eigenvalue weighted by atomic mass is 16.5. The van der Waals surface area contributed by atoms with Crippen molar-refractivity contribution in [3.8, 4) is 5.75 Å². The van der Waals surface area contributed by atoms with Crippen molar-refractivity contribution in [1.82, 2.24) is 0 Å². The van der Waals surface area contributed by atoms with E-state index in [1.807, 2.05) is 24.3 Å². The first-order valence-electron chi connectivity index (χ1n) is 5.41. The van der Waals surface area contributed by atoms with Crippen LogP contribution in [0.3, 0.4) is 0 Å². The molecule has 0 unspecified atom stereocenters. The second kappa shape index (κ2) is 4.53. The van der Waals surface area contributed by atoms with Gasteiger partial charge in [0.05, 0.1) is 6.10 Å². The molecule has 2 atom stereocenters. The van der Waals surface area contributed by atoms with Crippen LogP contribution in [0.2, 0.25) is 0 Å². The van der Waals surface area contributed by atoms with Crippen molar-refractivity contribution in [2.24, 2.45) is 5.92 Å². The first-order chi connectivity index (χ1) is 7.28. The van der Waals surface area contributed by atoms with E-state index in [9.17, 15) is 0 Å². The maximum Gasteiger partial charge on any atom is 0.119 e. The van der Waals surface area contributed by atoms with Gasteiger partial charge in [-0.1, -0.05) is 0 Å². The minimum Gasteiger partial charge on any atom is -0.490 e. The average molecular weight is 207 g/mol. The van der Waals surface area contributed by atoms with Gasteiger partial charge in [-0.2, -0.15) is 0 Å². The maximum absolute atomic E-state index is 9.01. The lowest BCUT2D eigenvalue weighted by Crippen LogP contribution is -2.13. The topological polar surface area (TPSA) is 55.5 Å². The van der Waals surface area contributed by atoms with Crippen LogP contribution < -0.4 is 10.5 Å². The van der Waals surface area contributed by atoms with E-state index in [0.717, 1.165) is 30.7 Å². The minimum absolute atomic E-state index is 0.255. The van der Waals surface area contributed by atoms with Gasteiger partial charge >= 0.3 is 0 Å². The molecular weight excluding hydrogens is 190 g/mol. The summed E-state index contributed by atoms with van der Waals surface area (Å²) in [6, 6.07) is 7.46. The smallest absolute Gasteiger partial charge is 0.119 e. The van der Waals surface area contributed by atoms with Gasteiger partial charge < -0.3 is 15.6 Å². The summed E-state index contributed by atoms with van der Waals surface area (Å²) in [5.41, 5.74) is 6.34. The van der Waals surface area contributed by atoms with Crippen molar-refractivity contribution < 1.29 is 9.84 Å². The third kappa shape index (κ3) is 2.63. The summed E-state index contributed by atoms with van der Waals surface area (Å²) >= 11 is 0. The van der Waals surface area contributed by atoms with Gasteiger partial charge in [0.1, 0.15) is 5.75 Å². The molecule has 0 spiro atoms. The zero-order valence-electron chi connectivity index (χ0n) is 8.73. The summed E-state index contributed by atoms with van der Waals surface area (Å²) in [4.78, 5) is 0. The predicted octanol–water partition coefficient (Wildman–Crippen LogP) is 1.81. The number of anilines is 1. The highest BCUT2D eigenvalue weighted by Gasteiger charge is 2.25. The lowest BCUT2D eigenvalue weighted by atomic mass is 10.1. The van der Waals surface area contributed by atoms with E-state index < -0.39 is 0 Å². The molecule has 3 N–H and O–H groups in total. The summed E-state index contributed by atoms with van der Waals surface area (Å²) in [7, 11) is 0. The largest absolute Gasteiger partial charge is 0.490 e. The van der Waals surface area contributed by atoms with E-state index in [0.29, 0.717) is 5.92 Å². The molecule has 15 heavy (non-hydrogen) atoms. The third-order valence-corrected chi connectivity index (χ3v) is 2.93. The number of aliphatic hydroxyl groups excluding tert-OH is 1. The van der Waals surface area contributed by atoms with Gasteiger partial charge in [-0.15, -0.1) is 0 Å². The van der Waals surface area contributed by atoms with Crippen LogP contribution in [-0.2, 0) is 0 Å². The number of nitrogens with two attached hydrogens (primary N) is 1. The fraction of sp³-hybridized carbons (Fsp3) is 0.500. The summed E-state index contributed by atoms with van der Waals surface area (Å²) in [6.07, 6.45) is 3.32. The number of hydrogen-bond acceptors (Lipinski definition) is 3. The number of aliphatic hydroxyl groups is 1. The van der Waals surface area contributed by atoms with Crippen LogP contribution in [0.1, 0.15) is 19.3 Å². The number of ether oxygens (including phenoxy) is 1. The van der Waals surface area contributed by atoms with E-state index in [1.54, 1.807) is 0 Å². The molecule has 0 aromatic heterocycles. The third-order valence-electron chi connectivity index (χ3n) is 2.93. The fourth-order valence-corrected chi connectivity index (χ4v) is 2.04. The molecule has 2 rings (SSSR count). The maximum atomic E-state index is 9.01. The number of benzene rings is 1. The van der Waals surface area contributed by atoms with Crippen molar-refractivity contribution in [3.63, 3.8) is 0 Å². The van der Waals surface area contributed by atoms with Gasteiger partial charge in [0.25, 0.3) is 0 Å². The highest BCUT2D eigenvalue weighted by molar-refractivity contribution is 5.41. The van der Waals surface area contributed by atoms with Crippen LogP contribution >= 0.6 is 0 Å². The highest BCUT2D eigenvalue weighted by Crippen LogP contribution is 2.28. The second-order valence-corrected chi connectivity index (χ2v) is 4.17. The first-order valence-corrected chi connectivity index (χ1v) is 5.41. The number of nitrogen functional groups attached to an aromatic ring is 1. The predicted molar refractivity (Wildman–Crippen MR) is 59.7 cm³/mol. The van der Waals surface area contributed by atoms with E-state index in [2.05, 4.69) is 0 Å². The zero-order chi connectivity index (χ0) is 10.7. The van der Waals surface area contributed by atoms with E-state index >= 15 is 0 Å². The van der Waals surface area contributed by atoms with Crippen molar-refractivity contribution in [3.05, 3.63) is 24.3 Å². The monoisotopic (exact) mass is 207 g/mol. The summed E-state index contributed by atoms with van der Waals surface area (Å²) in [5.74, 6) is 1.29. The zero-order valence-corrected chi connectivity index (χ0v) is 8.73. The van der Waals surface area contributed by atoms with Gasteiger partial charge in [0, 0.05) is 12.3 Å². The van der Waals surface area contributed by atoms with Crippen LogP contribution in [0, 0.1) is 5.92 Å². The number of rotatable bonds is 3. The second-order valence-electron chi connectivity index (χ2n) is 4.17. The molecule has 82 valence electrons. The molecule has 1 aromatic carbocycles. The molecule has 1 aromatic rings. The standard InChI is InChI=1S/C12H17NO2/c13-10-2-5-11(6-3-10)15-12-4-1-9(7-12)8-14/h2-3,5-6,9,12,14H,1,4,7-8,13H2/t9-,12+/m1/s1. The van der Waals surface area contributed by atoms with E-state index in [4.69, 9.17) is 15.6 Å². The molecule has 0 heterocycles. The van der Waals surface area contributed by atoms with Crippen LogP contribution in [0.5, 0.6) is 5.75 Å². The van der Waals surface area contributed by atoms with Gasteiger partial charge in [-0.3, -0.25) is 0 Å². The van der Waals surface area contributed by atoms with Crippen molar-refractivity contribution >= 4 is 5.69 Å². The Morgan fingerprint density at radius 1 is 1.27 bits per heavy atom. The summed E-state index contributed by atoms with van der Waals surface area (Å²) in [5, 5.41) is 9.01. The Hall–Kier alpha value is -1.22. The Balaban J connectivity index is 1.90. The molecule has 0 amide bonds. The lowest BCUT2D eigenvalue weighted by molar-refractivity contribution is 0.183. The van der Waals surface area contributed by atoms with Crippen molar-refractivity contribution in [2.45, 2.75) is 25.4 Å². The van der Waals surface area contributed by atoms with Crippen molar-refractivity contribution in [1.29, 1.82) is 0 Å². The lowest BCUT2D eigenvalue weighted by Gasteiger charge is -2.13. The van der Waals surface area contributed by atoms with Gasteiger partial charge in [0.15, 0.2) is 0 Å². The van der Waals surface area contributed by atoms with E-state index in [1.165, 1.54) is 0 Å². The Labute approximate surface area is 89.9 Å². The van der Waals surface area contributed by atoms with Crippen LogP contribution in [0.15, 0.2) is 24.3 Å². The molecular formula is C12H17NO2. The SMILES string of the molecule is Nc1ccc(O[C@H]2CC[C@@H](CO)C2)cc1. The molecule has 3 heteroatoms. The average Bonchev–Trinajstić information content (AvgIpc) is 2.69. The van der Waals surface area contributed by atoms with E-state index in [-0.39, 0.29) is 12.7 Å². The molecule has 0 radical (unpaired) electrons. The molecule has 0 aliphatic heterocycles. The van der Waals surface area contributed by atoms with Crippen molar-refractivity contribution in [2.75, 3.05) is 12.3 Å². The Kier molecular flexibility index (Phi) is 3.11. The molecule has 1 fully saturated rings. The van der Waals surface area contributed by atoms with Crippen LogP contribution in [0.4, 0.5) is 5.69 Å². The Morgan fingerprint density at radius 2 is 2.00 bits per heavy atom. The first kappa shape index (κ1) is 10.3. The Bertz CT molecular complexity index is 310. The minimum atomic E-state index is 0.255. The summed E-state index contributed by atoms with van der Waals surface area (Å²) in [6.45, 7) is 0.279.